The van der Waals surface area contributed by atoms with Crippen LogP contribution in [0.1, 0.15) is 11.1 Å². The third-order valence-corrected chi connectivity index (χ3v) is 3.66. The molecule has 0 aliphatic heterocycles. The van der Waals surface area contributed by atoms with E-state index in [1.807, 2.05) is 6.07 Å². The van der Waals surface area contributed by atoms with E-state index in [2.05, 4.69) is 0 Å². The number of nitriles is 1. The van der Waals surface area contributed by atoms with Gasteiger partial charge in [0.25, 0.3) is 0 Å². The van der Waals surface area contributed by atoms with Crippen LogP contribution < -0.4 is 4.74 Å². The fraction of sp³-hybridized carbons (Fsp3) is 0.364. The molecule has 0 amide bonds. The molecule has 4 nitrogen and oxygen atoms in total. The minimum atomic E-state index is -3.58. The molecule has 0 unspecified atom stereocenters. The molecule has 0 aliphatic carbocycles. The summed E-state index contributed by atoms with van der Waals surface area (Å²) in [5, 5.41) is 8.50. The molecule has 16 heavy (non-hydrogen) atoms. The Morgan fingerprint density at radius 3 is 2.50 bits per heavy atom. The van der Waals surface area contributed by atoms with Crippen molar-refractivity contribution in [3.05, 3.63) is 23.3 Å². The average Bonchev–Trinajstić information content (AvgIpc) is 2.16. The third-order valence-electron chi connectivity index (χ3n) is 2.18. The molecule has 5 heteroatoms. The lowest BCUT2D eigenvalue weighted by atomic mass is 10.1. The van der Waals surface area contributed by atoms with Crippen LogP contribution in [-0.2, 0) is 9.84 Å². The average molecular weight is 239 g/mol. The normalized spacial score (nSPS) is 10.9. The van der Waals surface area contributed by atoms with Crippen LogP contribution in [0.5, 0.6) is 5.75 Å². The first kappa shape index (κ1) is 12.5. The van der Waals surface area contributed by atoms with Gasteiger partial charge in [0.05, 0.1) is 13.2 Å². The maximum Gasteiger partial charge on any atom is 0.195 e. The summed E-state index contributed by atoms with van der Waals surface area (Å²) in [5.74, 6) is -0.215. The van der Waals surface area contributed by atoms with Gasteiger partial charge in [-0.1, -0.05) is 6.07 Å². The van der Waals surface area contributed by atoms with Gasteiger partial charge >= 0.3 is 0 Å². The van der Waals surface area contributed by atoms with E-state index in [9.17, 15) is 8.42 Å². The summed E-state index contributed by atoms with van der Waals surface area (Å²) in [6.45, 7) is 3.58. The largest absolute Gasteiger partial charge is 0.495 e. The fourth-order valence-electron chi connectivity index (χ4n) is 1.57. The fourth-order valence-corrected chi connectivity index (χ4v) is 2.79. The second-order valence-electron chi connectivity index (χ2n) is 3.53. The first-order valence-electron chi connectivity index (χ1n) is 4.67. The molecule has 0 spiro atoms. The van der Waals surface area contributed by atoms with Crippen molar-refractivity contribution in [2.45, 2.75) is 18.7 Å². The number of hydrogen-bond donors (Lipinski definition) is 0. The van der Waals surface area contributed by atoms with Crippen molar-refractivity contribution >= 4 is 9.84 Å². The minimum Gasteiger partial charge on any atom is -0.495 e. The summed E-state index contributed by atoms with van der Waals surface area (Å²) in [6.07, 6.45) is 0. The van der Waals surface area contributed by atoms with Crippen LogP contribution >= 0.6 is 0 Å². The number of hydrogen-bond acceptors (Lipinski definition) is 4. The van der Waals surface area contributed by atoms with E-state index in [-0.39, 0.29) is 4.90 Å². The zero-order valence-corrected chi connectivity index (χ0v) is 10.3. The molecule has 0 atom stereocenters. The van der Waals surface area contributed by atoms with Crippen LogP contribution in [0.2, 0.25) is 0 Å². The smallest absolute Gasteiger partial charge is 0.195 e. The molecule has 0 N–H and O–H groups in total. The highest BCUT2D eigenvalue weighted by molar-refractivity contribution is 7.91. The lowest BCUT2D eigenvalue weighted by Crippen LogP contribution is -2.08. The summed E-state index contributed by atoms with van der Waals surface area (Å²) in [6, 6.07) is 5.02. The molecule has 0 aromatic heterocycles. The standard InChI is InChI=1S/C11H13NO3S/c1-8-6-9(2)11(15-3)10(7-8)16(13,14)5-4-12/h6-7H,5H2,1-3H3. The lowest BCUT2D eigenvalue weighted by Gasteiger charge is -2.11. The molecule has 0 aliphatic rings. The summed E-state index contributed by atoms with van der Waals surface area (Å²) in [7, 11) is -2.16. The number of ether oxygens (including phenoxy) is 1. The molecular formula is C11H13NO3S. The maximum absolute atomic E-state index is 11.8. The number of nitrogens with zero attached hydrogens (tertiary/aromatic N) is 1. The molecule has 0 saturated heterocycles. The van der Waals surface area contributed by atoms with Gasteiger partial charge in [-0.05, 0) is 31.0 Å². The van der Waals surface area contributed by atoms with E-state index >= 15 is 0 Å². The molecule has 1 rings (SSSR count). The predicted octanol–water partition coefficient (Wildman–Crippen LogP) is 1.61. The molecule has 0 fully saturated rings. The van der Waals surface area contributed by atoms with Crippen LogP contribution in [0.15, 0.2) is 17.0 Å². The zero-order chi connectivity index (χ0) is 12.3. The molecule has 1 aromatic carbocycles. The summed E-state index contributed by atoms with van der Waals surface area (Å²) in [5.41, 5.74) is 1.58. The van der Waals surface area contributed by atoms with Crippen molar-refractivity contribution in [3.8, 4) is 11.8 Å². The second-order valence-corrected chi connectivity index (χ2v) is 5.49. The number of methoxy groups -OCH3 is 1. The molecule has 0 bridgehead atoms. The van der Waals surface area contributed by atoms with Crippen LogP contribution in [0, 0.1) is 25.2 Å². The first-order chi connectivity index (χ1) is 7.42. The Morgan fingerprint density at radius 2 is 2.00 bits per heavy atom. The molecule has 0 heterocycles. The predicted molar refractivity (Wildman–Crippen MR) is 60.1 cm³/mol. The number of rotatable bonds is 3. The summed E-state index contributed by atoms with van der Waals surface area (Å²) < 4.78 is 28.7. The maximum atomic E-state index is 11.8. The van der Waals surface area contributed by atoms with Gasteiger partial charge in [0.1, 0.15) is 16.4 Å². The topological polar surface area (TPSA) is 67.2 Å². The molecule has 86 valence electrons. The van der Waals surface area contributed by atoms with Gasteiger partial charge in [0, 0.05) is 0 Å². The van der Waals surface area contributed by atoms with Gasteiger partial charge in [-0.2, -0.15) is 5.26 Å². The van der Waals surface area contributed by atoms with Gasteiger partial charge in [-0.25, -0.2) is 8.42 Å². The summed E-state index contributed by atoms with van der Waals surface area (Å²) >= 11 is 0. The van der Waals surface area contributed by atoms with E-state index < -0.39 is 15.6 Å². The monoisotopic (exact) mass is 239 g/mol. The van der Waals surface area contributed by atoms with Crippen molar-refractivity contribution in [1.29, 1.82) is 5.26 Å². The van der Waals surface area contributed by atoms with Gasteiger partial charge in [-0.3, -0.25) is 0 Å². The number of sulfone groups is 1. The SMILES string of the molecule is COc1c(C)cc(C)cc1S(=O)(=O)CC#N. The van der Waals surface area contributed by atoms with Crippen molar-refractivity contribution < 1.29 is 13.2 Å². The van der Waals surface area contributed by atoms with Crippen molar-refractivity contribution in [2.24, 2.45) is 0 Å². The Bertz CT molecular complexity index is 541. The van der Waals surface area contributed by atoms with E-state index in [4.69, 9.17) is 10.00 Å². The highest BCUT2D eigenvalue weighted by Gasteiger charge is 2.21. The Hall–Kier alpha value is -1.54. The van der Waals surface area contributed by atoms with E-state index in [1.165, 1.54) is 13.2 Å². The Morgan fingerprint density at radius 1 is 1.38 bits per heavy atom. The Labute approximate surface area is 95.4 Å². The highest BCUT2D eigenvalue weighted by Crippen LogP contribution is 2.29. The van der Waals surface area contributed by atoms with E-state index in [0.29, 0.717) is 5.75 Å². The summed E-state index contributed by atoms with van der Waals surface area (Å²) in [4.78, 5) is 0.0917. The molecule has 1 aromatic rings. The van der Waals surface area contributed by atoms with Crippen LogP contribution in [0.25, 0.3) is 0 Å². The molecule has 0 saturated carbocycles. The van der Waals surface area contributed by atoms with Gasteiger partial charge < -0.3 is 4.74 Å². The minimum absolute atomic E-state index is 0.0917. The zero-order valence-electron chi connectivity index (χ0n) is 9.44. The number of aryl methyl sites for hydroxylation is 2. The van der Waals surface area contributed by atoms with Crippen molar-refractivity contribution in [2.75, 3.05) is 12.9 Å². The van der Waals surface area contributed by atoms with E-state index in [0.717, 1.165) is 11.1 Å². The van der Waals surface area contributed by atoms with E-state index in [1.54, 1.807) is 19.9 Å². The Balaban J connectivity index is 3.50. The highest BCUT2D eigenvalue weighted by atomic mass is 32.2. The van der Waals surface area contributed by atoms with Crippen molar-refractivity contribution in [3.63, 3.8) is 0 Å². The number of benzene rings is 1. The molecular weight excluding hydrogens is 226 g/mol. The quantitative estimate of drug-likeness (QED) is 0.803. The van der Waals surface area contributed by atoms with Gasteiger partial charge in [0.2, 0.25) is 0 Å². The van der Waals surface area contributed by atoms with Crippen LogP contribution in [0.4, 0.5) is 0 Å². The van der Waals surface area contributed by atoms with Gasteiger partial charge in [-0.15, -0.1) is 0 Å². The Kier molecular flexibility index (Phi) is 3.55. The van der Waals surface area contributed by atoms with Crippen LogP contribution in [0.3, 0.4) is 0 Å². The van der Waals surface area contributed by atoms with Crippen LogP contribution in [-0.4, -0.2) is 21.3 Å². The second kappa shape index (κ2) is 4.54. The lowest BCUT2D eigenvalue weighted by molar-refractivity contribution is 0.399. The van der Waals surface area contributed by atoms with Gasteiger partial charge in [0.15, 0.2) is 9.84 Å². The van der Waals surface area contributed by atoms with Crippen molar-refractivity contribution in [1.82, 2.24) is 0 Å². The molecule has 0 radical (unpaired) electrons. The first-order valence-corrected chi connectivity index (χ1v) is 6.32. The third kappa shape index (κ3) is 2.34.